The number of nitrogens with zero attached hydrogens (tertiary/aromatic N) is 1. The van der Waals surface area contributed by atoms with Gasteiger partial charge in [-0.15, -0.1) is 0 Å². The second-order valence-electron chi connectivity index (χ2n) is 6.02. The summed E-state index contributed by atoms with van der Waals surface area (Å²) in [4.78, 5) is 14.7. The summed E-state index contributed by atoms with van der Waals surface area (Å²) in [5, 5.41) is 0. The molecule has 0 atom stereocenters. The Labute approximate surface area is 137 Å². The van der Waals surface area contributed by atoms with E-state index in [2.05, 4.69) is 24.8 Å². The van der Waals surface area contributed by atoms with Gasteiger partial charge in [-0.1, -0.05) is 36.9 Å². The molecule has 0 unspecified atom stereocenters. The SMILES string of the molecule is C=C(C)COc1cccc(C(=O)N2CCc3ccccc3C2)c1. The Morgan fingerprint density at radius 3 is 2.74 bits per heavy atom. The minimum atomic E-state index is 0.0558. The van der Waals surface area contributed by atoms with Crippen LogP contribution in [0.2, 0.25) is 0 Å². The summed E-state index contributed by atoms with van der Waals surface area (Å²) in [6.07, 6.45) is 0.910. The van der Waals surface area contributed by atoms with Crippen LogP contribution in [0, 0.1) is 0 Å². The molecule has 0 saturated carbocycles. The Kier molecular flexibility index (Phi) is 4.47. The average Bonchev–Trinajstić information content (AvgIpc) is 2.59. The summed E-state index contributed by atoms with van der Waals surface area (Å²) in [6.45, 7) is 7.64. The van der Waals surface area contributed by atoms with Crippen LogP contribution in [0.4, 0.5) is 0 Å². The predicted octanol–water partition coefficient (Wildman–Crippen LogP) is 3.84. The molecule has 3 nitrogen and oxygen atoms in total. The highest BCUT2D eigenvalue weighted by molar-refractivity contribution is 5.94. The summed E-state index contributed by atoms with van der Waals surface area (Å²) in [6, 6.07) is 15.7. The van der Waals surface area contributed by atoms with Gasteiger partial charge < -0.3 is 9.64 Å². The van der Waals surface area contributed by atoms with Crippen LogP contribution < -0.4 is 4.74 Å². The molecule has 1 heterocycles. The highest BCUT2D eigenvalue weighted by atomic mass is 16.5. The Balaban J connectivity index is 1.73. The fourth-order valence-corrected chi connectivity index (χ4v) is 2.78. The molecule has 0 radical (unpaired) electrons. The lowest BCUT2D eigenvalue weighted by Crippen LogP contribution is -2.35. The van der Waals surface area contributed by atoms with Gasteiger partial charge in [-0.3, -0.25) is 4.79 Å². The zero-order valence-electron chi connectivity index (χ0n) is 13.4. The number of benzene rings is 2. The van der Waals surface area contributed by atoms with E-state index in [0.717, 1.165) is 18.5 Å². The molecule has 1 amide bonds. The Morgan fingerprint density at radius 2 is 1.96 bits per heavy atom. The van der Waals surface area contributed by atoms with Crippen LogP contribution in [0.3, 0.4) is 0 Å². The normalized spacial score (nSPS) is 13.3. The Bertz CT molecular complexity index is 736. The van der Waals surface area contributed by atoms with Crippen molar-refractivity contribution < 1.29 is 9.53 Å². The van der Waals surface area contributed by atoms with Crippen LogP contribution >= 0.6 is 0 Å². The maximum Gasteiger partial charge on any atom is 0.254 e. The van der Waals surface area contributed by atoms with Gasteiger partial charge in [0.25, 0.3) is 5.91 Å². The maximum atomic E-state index is 12.8. The van der Waals surface area contributed by atoms with Crippen molar-refractivity contribution in [3.63, 3.8) is 0 Å². The first-order valence-electron chi connectivity index (χ1n) is 7.87. The van der Waals surface area contributed by atoms with Crippen molar-refractivity contribution in [2.75, 3.05) is 13.2 Å². The third kappa shape index (κ3) is 3.62. The maximum absolute atomic E-state index is 12.8. The molecule has 0 spiro atoms. The molecule has 0 N–H and O–H groups in total. The van der Waals surface area contributed by atoms with E-state index in [4.69, 9.17) is 4.74 Å². The largest absolute Gasteiger partial charge is 0.489 e. The number of fused-ring (bicyclic) bond motifs is 1. The monoisotopic (exact) mass is 307 g/mol. The van der Waals surface area contributed by atoms with Crippen molar-refractivity contribution in [2.45, 2.75) is 19.9 Å². The molecular formula is C20H21NO2. The fraction of sp³-hybridized carbons (Fsp3) is 0.250. The highest BCUT2D eigenvalue weighted by Crippen LogP contribution is 2.22. The van der Waals surface area contributed by atoms with Gasteiger partial charge in [0.1, 0.15) is 12.4 Å². The first-order valence-corrected chi connectivity index (χ1v) is 7.87. The zero-order valence-corrected chi connectivity index (χ0v) is 13.4. The van der Waals surface area contributed by atoms with Gasteiger partial charge in [-0.25, -0.2) is 0 Å². The minimum Gasteiger partial charge on any atom is -0.489 e. The highest BCUT2D eigenvalue weighted by Gasteiger charge is 2.21. The summed E-state index contributed by atoms with van der Waals surface area (Å²) in [5.74, 6) is 0.761. The molecule has 118 valence electrons. The van der Waals surface area contributed by atoms with E-state index in [1.165, 1.54) is 11.1 Å². The van der Waals surface area contributed by atoms with Crippen molar-refractivity contribution in [2.24, 2.45) is 0 Å². The molecule has 0 bridgehead atoms. The van der Waals surface area contributed by atoms with Crippen molar-refractivity contribution in [3.05, 3.63) is 77.4 Å². The molecule has 1 aliphatic heterocycles. The summed E-state index contributed by atoms with van der Waals surface area (Å²) >= 11 is 0. The van der Waals surface area contributed by atoms with Gasteiger partial charge in [0.15, 0.2) is 0 Å². The van der Waals surface area contributed by atoms with Gasteiger partial charge >= 0.3 is 0 Å². The molecule has 3 heteroatoms. The first-order chi connectivity index (χ1) is 11.1. The van der Waals surface area contributed by atoms with Crippen molar-refractivity contribution in [1.82, 2.24) is 4.90 Å². The van der Waals surface area contributed by atoms with Crippen LogP contribution in [-0.4, -0.2) is 24.0 Å². The number of carbonyl (C=O) groups excluding carboxylic acids is 1. The molecule has 2 aromatic rings. The number of ether oxygens (including phenoxy) is 1. The Morgan fingerprint density at radius 1 is 1.17 bits per heavy atom. The van der Waals surface area contributed by atoms with Crippen LogP contribution in [0.1, 0.15) is 28.4 Å². The lowest BCUT2D eigenvalue weighted by molar-refractivity contribution is 0.0734. The van der Waals surface area contributed by atoms with Crippen LogP contribution in [0.15, 0.2) is 60.7 Å². The topological polar surface area (TPSA) is 29.5 Å². The predicted molar refractivity (Wildman–Crippen MR) is 91.6 cm³/mol. The van der Waals surface area contributed by atoms with Crippen molar-refractivity contribution in [1.29, 1.82) is 0 Å². The third-order valence-corrected chi connectivity index (χ3v) is 3.98. The lowest BCUT2D eigenvalue weighted by Gasteiger charge is -2.29. The van der Waals surface area contributed by atoms with Gasteiger partial charge in [0.05, 0.1) is 0 Å². The first kappa shape index (κ1) is 15.3. The minimum absolute atomic E-state index is 0.0558. The number of hydrogen-bond acceptors (Lipinski definition) is 2. The van der Waals surface area contributed by atoms with Crippen LogP contribution in [0.25, 0.3) is 0 Å². The van der Waals surface area contributed by atoms with Crippen LogP contribution in [-0.2, 0) is 13.0 Å². The van der Waals surface area contributed by atoms with E-state index < -0.39 is 0 Å². The number of amides is 1. The molecule has 3 rings (SSSR count). The van der Waals surface area contributed by atoms with E-state index in [9.17, 15) is 4.79 Å². The van der Waals surface area contributed by atoms with Crippen molar-refractivity contribution >= 4 is 5.91 Å². The quantitative estimate of drug-likeness (QED) is 0.803. The molecule has 0 aliphatic carbocycles. The second-order valence-corrected chi connectivity index (χ2v) is 6.02. The molecule has 0 aromatic heterocycles. The van der Waals surface area contributed by atoms with Gasteiger partial charge in [0, 0.05) is 18.7 Å². The average molecular weight is 307 g/mol. The second kappa shape index (κ2) is 6.69. The molecule has 2 aromatic carbocycles. The molecule has 0 fully saturated rings. The van der Waals surface area contributed by atoms with Crippen molar-refractivity contribution in [3.8, 4) is 5.75 Å². The van der Waals surface area contributed by atoms with Gasteiger partial charge in [-0.05, 0) is 48.2 Å². The van der Waals surface area contributed by atoms with Gasteiger partial charge in [0.2, 0.25) is 0 Å². The van der Waals surface area contributed by atoms with Crippen LogP contribution in [0.5, 0.6) is 5.75 Å². The summed E-state index contributed by atoms with van der Waals surface area (Å²) < 4.78 is 5.63. The molecule has 0 saturated heterocycles. The van der Waals surface area contributed by atoms with E-state index in [0.29, 0.717) is 24.5 Å². The van der Waals surface area contributed by atoms with Gasteiger partial charge in [-0.2, -0.15) is 0 Å². The Hall–Kier alpha value is -2.55. The van der Waals surface area contributed by atoms with E-state index >= 15 is 0 Å². The smallest absolute Gasteiger partial charge is 0.254 e. The third-order valence-electron chi connectivity index (χ3n) is 3.98. The van der Waals surface area contributed by atoms with E-state index in [1.807, 2.05) is 42.2 Å². The molecule has 23 heavy (non-hydrogen) atoms. The van der Waals surface area contributed by atoms with E-state index in [1.54, 1.807) is 0 Å². The number of rotatable bonds is 4. The van der Waals surface area contributed by atoms with E-state index in [-0.39, 0.29) is 5.91 Å². The number of carbonyl (C=O) groups is 1. The standard InChI is InChI=1S/C20H21NO2/c1-15(2)14-23-19-9-5-8-17(12-19)20(22)21-11-10-16-6-3-4-7-18(16)13-21/h3-9,12H,1,10-11,13-14H2,2H3. The zero-order chi connectivity index (χ0) is 16.2. The summed E-state index contributed by atoms with van der Waals surface area (Å²) in [7, 11) is 0. The number of hydrogen-bond donors (Lipinski definition) is 0. The summed E-state index contributed by atoms with van der Waals surface area (Å²) in [5.41, 5.74) is 4.20. The molecular weight excluding hydrogens is 286 g/mol. The lowest BCUT2D eigenvalue weighted by atomic mass is 9.99. The molecule has 1 aliphatic rings. The fourth-order valence-electron chi connectivity index (χ4n) is 2.78.